The third kappa shape index (κ3) is 5.42. The summed E-state index contributed by atoms with van der Waals surface area (Å²) in [5, 5.41) is 18.2. The molecule has 0 saturated carbocycles. The van der Waals surface area contributed by atoms with Crippen molar-refractivity contribution in [2.24, 2.45) is 5.41 Å². The van der Waals surface area contributed by atoms with E-state index in [0.29, 0.717) is 18.8 Å². The fraction of sp³-hybridized carbons (Fsp3) is 0.615. The van der Waals surface area contributed by atoms with Crippen LogP contribution in [-0.2, 0) is 16.1 Å². The number of hydrogen-bond donors (Lipinski definition) is 3. The van der Waals surface area contributed by atoms with E-state index in [0.717, 1.165) is 0 Å². The van der Waals surface area contributed by atoms with Crippen molar-refractivity contribution in [3.05, 3.63) is 12.4 Å². The summed E-state index contributed by atoms with van der Waals surface area (Å²) < 4.78 is 6.55. The molecule has 0 aliphatic heterocycles. The molecule has 0 aliphatic rings. The first-order valence-corrected chi connectivity index (χ1v) is 6.55. The van der Waals surface area contributed by atoms with E-state index in [4.69, 9.17) is 9.84 Å². The van der Waals surface area contributed by atoms with Crippen molar-refractivity contribution in [2.45, 2.75) is 33.4 Å². The second-order valence-electron chi connectivity index (χ2n) is 5.72. The summed E-state index contributed by atoms with van der Waals surface area (Å²) in [5.74, 6) is -1.08. The summed E-state index contributed by atoms with van der Waals surface area (Å²) in [6, 6.07) is -1.57. The van der Waals surface area contributed by atoms with Gasteiger partial charge >= 0.3 is 12.0 Å². The third-order valence-corrected chi connectivity index (χ3v) is 2.80. The second-order valence-corrected chi connectivity index (χ2v) is 5.72. The quantitative estimate of drug-likeness (QED) is 0.730. The Kier molecular flexibility index (Phi) is 5.71. The Hall–Kier alpha value is -2.09. The van der Waals surface area contributed by atoms with Gasteiger partial charge in [-0.2, -0.15) is 5.10 Å². The van der Waals surface area contributed by atoms with Gasteiger partial charge in [-0.1, -0.05) is 20.8 Å². The van der Waals surface area contributed by atoms with Crippen LogP contribution in [-0.4, -0.2) is 46.6 Å². The van der Waals surface area contributed by atoms with Crippen molar-refractivity contribution in [1.29, 1.82) is 0 Å². The van der Waals surface area contributed by atoms with Crippen LogP contribution >= 0.6 is 0 Å². The Labute approximate surface area is 123 Å². The zero-order valence-electron chi connectivity index (χ0n) is 12.7. The molecule has 1 atom stereocenters. The number of carbonyl (C=O) groups excluding carboxylic acids is 1. The lowest BCUT2D eigenvalue weighted by molar-refractivity contribution is -0.141. The van der Waals surface area contributed by atoms with Gasteiger partial charge in [0.05, 0.1) is 25.0 Å². The van der Waals surface area contributed by atoms with Gasteiger partial charge in [0, 0.05) is 13.3 Å². The molecule has 0 radical (unpaired) electrons. The molecule has 8 nitrogen and oxygen atoms in total. The van der Waals surface area contributed by atoms with E-state index < -0.39 is 23.5 Å². The first-order chi connectivity index (χ1) is 9.74. The molecule has 8 heteroatoms. The van der Waals surface area contributed by atoms with E-state index in [-0.39, 0.29) is 0 Å². The van der Waals surface area contributed by atoms with Gasteiger partial charge in [0.15, 0.2) is 0 Å². The van der Waals surface area contributed by atoms with Crippen molar-refractivity contribution in [3.8, 4) is 0 Å². The molecule has 0 saturated heterocycles. The number of rotatable bonds is 6. The molecule has 1 aromatic rings. The topological polar surface area (TPSA) is 105 Å². The summed E-state index contributed by atoms with van der Waals surface area (Å²) in [6.45, 7) is 6.32. The van der Waals surface area contributed by atoms with Gasteiger partial charge in [-0.3, -0.25) is 4.68 Å². The SMILES string of the molecule is COCCn1cc(NC(=O)NC(C(=O)O)C(C)(C)C)cn1. The highest BCUT2D eigenvalue weighted by molar-refractivity contribution is 5.92. The molecule has 3 N–H and O–H groups in total. The van der Waals surface area contributed by atoms with Gasteiger partial charge in [0.1, 0.15) is 6.04 Å². The molecule has 21 heavy (non-hydrogen) atoms. The van der Waals surface area contributed by atoms with E-state index in [9.17, 15) is 9.59 Å². The highest BCUT2D eigenvalue weighted by Gasteiger charge is 2.32. The van der Waals surface area contributed by atoms with Crippen LogP contribution in [0.4, 0.5) is 10.5 Å². The molecule has 2 amide bonds. The first-order valence-electron chi connectivity index (χ1n) is 6.55. The van der Waals surface area contributed by atoms with Gasteiger partial charge in [0.25, 0.3) is 0 Å². The van der Waals surface area contributed by atoms with Gasteiger partial charge in [-0.15, -0.1) is 0 Å². The molecule has 118 valence electrons. The zero-order chi connectivity index (χ0) is 16.0. The molecule has 1 rings (SSSR count). The summed E-state index contributed by atoms with van der Waals surface area (Å²) >= 11 is 0. The first kappa shape index (κ1) is 17.0. The Morgan fingerprint density at radius 2 is 2.14 bits per heavy atom. The predicted octanol–water partition coefficient (Wildman–Crippen LogP) is 1.15. The van der Waals surface area contributed by atoms with Crippen LogP contribution in [0.5, 0.6) is 0 Å². The number of nitrogens with zero attached hydrogens (tertiary/aromatic N) is 2. The minimum atomic E-state index is -1.08. The molecule has 0 spiro atoms. The summed E-state index contributed by atoms with van der Waals surface area (Å²) in [4.78, 5) is 23.0. The van der Waals surface area contributed by atoms with Gasteiger partial charge in [0.2, 0.25) is 0 Å². The summed E-state index contributed by atoms with van der Waals surface area (Å²) in [5.41, 5.74) is -0.104. The summed E-state index contributed by atoms with van der Waals surface area (Å²) in [6.07, 6.45) is 3.13. The third-order valence-electron chi connectivity index (χ3n) is 2.80. The smallest absolute Gasteiger partial charge is 0.326 e. The van der Waals surface area contributed by atoms with Crippen molar-refractivity contribution >= 4 is 17.7 Å². The lowest BCUT2D eigenvalue weighted by Crippen LogP contribution is -2.50. The Bertz CT molecular complexity index is 493. The van der Waals surface area contributed by atoms with Gasteiger partial charge in [-0.05, 0) is 5.41 Å². The highest BCUT2D eigenvalue weighted by Crippen LogP contribution is 2.19. The number of nitrogens with one attached hydrogen (secondary N) is 2. The van der Waals surface area contributed by atoms with Crippen LogP contribution < -0.4 is 10.6 Å². The molecule has 1 heterocycles. The number of aliphatic carboxylic acids is 1. The largest absolute Gasteiger partial charge is 0.480 e. The Balaban J connectivity index is 2.60. The van der Waals surface area contributed by atoms with Crippen LogP contribution in [0, 0.1) is 5.41 Å². The van der Waals surface area contributed by atoms with Gasteiger partial charge in [-0.25, -0.2) is 9.59 Å². The zero-order valence-corrected chi connectivity index (χ0v) is 12.7. The molecule has 0 aromatic carbocycles. The van der Waals surface area contributed by atoms with E-state index in [1.54, 1.807) is 38.8 Å². The normalized spacial score (nSPS) is 12.8. The van der Waals surface area contributed by atoms with Crippen LogP contribution in [0.15, 0.2) is 12.4 Å². The number of ether oxygens (including phenoxy) is 1. The summed E-state index contributed by atoms with van der Waals surface area (Å²) in [7, 11) is 1.59. The maximum absolute atomic E-state index is 11.9. The minimum absolute atomic E-state index is 0.488. The highest BCUT2D eigenvalue weighted by atomic mass is 16.5. The van der Waals surface area contributed by atoms with E-state index in [1.807, 2.05) is 0 Å². The number of carboxylic acid groups (broad SMARTS) is 1. The molecule has 1 unspecified atom stereocenters. The number of carbonyl (C=O) groups is 2. The number of carboxylic acids is 1. The minimum Gasteiger partial charge on any atom is -0.480 e. The number of hydrogen-bond acceptors (Lipinski definition) is 4. The van der Waals surface area contributed by atoms with Crippen LogP contribution in [0.2, 0.25) is 0 Å². The average Bonchev–Trinajstić information content (AvgIpc) is 2.79. The number of anilines is 1. The van der Waals surface area contributed by atoms with Crippen molar-refractivity contribution < 1.29 is 19.4 Å². The molecule has 0 bridgehead atoms. The van der Waals surface area contributed by atoms with E-state index in [2.05, 4.69) is 15.7 Å². The maximum Gasteiger partial charge on any atom is 0.326 e. The lowest BCUT2D eigenvalue weighted by Gasteiger charge is -2.27. The van der Waals surface area contributed by atoms with Crippen molar-refractivity contribution in [3.63, 3.8) is 0 Å². The molecule has 0 fully saturated rings. The standard InChI is InChI=1S/C13H22N4O4/c1-13(2,3)10(11(18)19)16-12(20)15-9-7-14-17(8-9)5-6-21-4/h7-8,10H,5-6H2,1-4H3,(H,18,19)(H2,15,16,20). The Morgan fingerprint density at radius 1 is 1.48 bits per heavy atom. The lowest BCUT2D eigenvalue weighted by atomic mass is 9.87. The number of aromatic nitrogens is 2. The fourth-order valence-electron chi connectivity index (χ4n) is 1.68. The number of urea groups is 1. The maximum atomic E-state index is 11.9. The van der Waals surface area contributed by atoms with Crippen LogP contribution in [0.1, 0.15) is 20.8 Å². The predicted molar refractivity (Wildman–Crippen MR) is 77.1 cm³/mol. The van der Waals surface area contributed by atoms with Crippen molar-refractivity contribution in [1.82, 2.24) is 15.1 Å². The van der Waals surface area contributed by atoms with E-state index >= 15 is 0 Å². The molecular weight excluding hydrogens is 276 g/mol. The molecular formula is C13H22N4O4. The van der Waals surface area contributed by atoms with Crippen LogP contribution in [0.25, 0.3) is 0 Å². The molecule has 1 aromatic heterocycles. The van der Waals surface area contributed by atoms with Crippen molar-refractivity contribution in [2.75, 3.05) is 19.0 Å². The fourth-order valence-corrected chi connectivity index (χ4v) is 1.68. The number of methoxy groups -OCH3 is 1. The second kappa shape index (κ2) is 7.07. The van der Waals surface area contributed by atoms with Crippen LogP contribution in [0.3, 0.4) is 0 Å². The Morgan fingerprint density at radius 3 is 2.67 bits per heavy atom. The molecule has 0 aliphatic carbocycles. The monoisotopic (exact) mass is 298 g/mol. The average molecular weight is 298 g/mol. The number of amides is 2. The van der Waals surface area contributed by atoms with E-state index in [1.165, 1.54) is 6.20 Å². The van der Waals surface area contributed by atoms with Gasteiger partial charge < -0.3 is 20.5 Å².